The molecule has 0 aliphatic rings. The van der Waals surface area contributed by atoms with E-state index in [1.807, 2.05) is 32.0 Å². The molecular formula is C15H11ClN4S. The lowest BCUT2D eigenvalue weighted by atomic mass is 10.1. The Balaban J connectivity index is 2.19. The number of halogens is 1. The molecule has 0 amide bonds. The first kappa shape index (κ1) is 13.8. The molecule has 0 bridgehead atoms. The molecule has 1 N–H and O–H groups in total. The number of thiophene rings is 1. The van der Waals surface area contributed by atoms with Gasteiger partial charge < -0.3 is 5.32 Å². The van der Waals surface area contributed by atoms with Crippen LogP contribution in [0.4, 0.5) is 11.5 Å². The van der Waals surface area contributed by atoms with Crippen LogP contribution < -0.4 is 5.32 Å². The van der Waals surface area contributed by atoms with E-state index in [0.29, 0.717) is 17.1 Å². The number of aryl methyl sites for hydroxylation is 2. The number of nitrogens with one attached hydrogen (secondary N) is 1. The van der Waals surface area contributed by atoms with Gasteiger partial charge in [-0.15, -0.1) is 11.3 Å². The van der Waals surface area contributed by atoms with E-state index in [1.54, 1.807) is 17.4 Å². The summed E-state index contributed by atoms with van der Waals surface area (Å²) in [5.74, 6) is 0.634. The Morgan fingerprint density at radius 2 is 2.00 bits per heavy atom. The molecule has 0 saturated heterocycles. The Hall–Kier alpha value is -2.16. The van der Waals surface area contributed by atoms with Crippen LogP contribution in [0.1, 0.15) is 16.0 Å². The minimum Gasteiger partial charge on any atom is -0.338 e. The highest BCUT2D eigenvalue weighted by Crippen LogP contribution is 2.35. The van der Waals surface area contributed by atoms with Gasteiger partial charge in [0.25, 0.3) is 0 Å². The summed E-state index contributed by atoms with van der Waals surface area (Å²) in [4.78, 5) is 10.6. The normalized spacial score (nSPS) is 10.6. The molecule has 104 valence electrons. The Bertz CT molecular complexity index is 879. The molecule has 6 heteroatoms. The van der Waals surface area contributed by atoms with Crippen LogP contribution in [0.2, 0.25) is 5.28 Å². The van der Waals surface area contributed by atoms with Gasteiger partial charge in [0.15, 0.2) is 0 Å². The van der Waals surface area contributed by atoms with Gasteiger partial charge in [-0.1, -0.05) is 12.1 Å². The van der Waals surface area contributed by atoms with Gasteiger partial charge in [-0.2, -0.15) is 10.2 Å². The maximum absolute atomic E-state index is 9.18. The van der Waals surface area contributed by atoms with Crippen LogP contribution in [0.5, 0.6) is 0 Å². The molecule has 1 aromatic carbocycles. The summed E-state index contributed by atoms with van der Waals surface area (Å²) in [6.07, 6.45) is 0. The standard InChI is InChI=1S/C15H11ClN4S/c1-8-9(2)21-14-12(8)13(19-15(16)20-14)18-11-6-4-3-5-10(11)7-17/h3-6H,1-2H3,(H,18,19,20). The average Bonchev–Trinajstić information content (AvgIpc) is 2.74. The number of nitrogens with zero attached hydrogens (tertiary/aromatic N) is 3. The molecule has 4 nitrogen and oxygen atoms in total. The number of hydrogen-bond donors (Lipinski definition) is 1. The minimum atomic E-state index is 0.195. The van der Waals surface area contributed by atoms with E-state index in [2.05, 4.69) is 21.4 Å². The van der Waals surface area contributed by atoms with Crippen molar-refractivity contribution in [2.24, 2.45) is 0 Å². The van der Waals surface area contributed by atoms with Gasteiger partial charge in [-0.3, -0.25) is 0 Å². The molecular weight excluding hydrogens is 304 g/mol. The molecule has 2 aromatic heterocycles. The monoisotopic (exact) mass is 314 g/mol. The number of nitriles is 1. The molecule has 3 aromatic rings. The number of fused-ring (bicyclic) bond motifs is 1. The first-order valence-electron chi connectivity index (χ1n) is 6.29. The van der Waals surface area contributed by atoms with E-state index >= 15 is 0 Å². The van der Waals surface area contributed by atoms with Crippen LogP contribution in [0.3, 0.4) is 0 Å². The van der Waals surface area contributed by atoms with Crippen molar-refractivity contribution in [1.82, 2.24) is 9.97 Å². The van der Waals surface area contributed by atoms with Gasteiger partial charge in [0, 0.05) is 4.88 Å². The molecule has 0 saturated carbocycles. The fraction of sp³-hybridized carbons (Fsp3) is 0.133. The van der Waals surface area contributed by atoms with Crippen molar-refractivity contribution in [3.8, 4) is 6.07 Å². The second-order valence-corrected chi connectivity index (χ2v) is 6.13. The Labute approximate surface area is 131 Å². The zero-order chi connectivity index (χ0) is 15.0. The summed E-state index contributed by atoms with van der Waals surface area (Å²) in [7, 11) is 0. The topological polar surface area (TPSA) is 61.6 Å². The lowest BCUT2D eigenvalue weighted by molar-refractivity contribution is 1.22. The van der Waals surface area contributed by atoms with Crippen molar-refractivity contribution < 1.29 is 0 Å². The first-order valence-corrected chi connectivity index (χ1v) is 7.49. The molecule has 0 unspecified atom stereocenters. The van der Waals surface area contributed by atoms with E-state index in [0.717, 1.165) is 15.8 Å². The highest BCUT2D eigenvalue weighted by molar-refractivity contribution is 7.18. The largest absolute Gasteiger partial charge is 0.338 e. The smallest absolute Gasteiger partial charge is 0.225 e. The number of para-hydroxylation sites is 1. The number of rotatable bonds is 2. The average molecular weight is 315 g/mol. The van der Waals surface area contributed by atoms with E-state index < -0.39 is 0 Å². The second-order valence-electron chi connectivity index (χ2n) is 4.59. The Kier molecular flexibility index (Phi) is 3.50. The van der Waals surface area contributed by atoms with E-state index in [-0.39, 0.29) is 5.28 Å². The number of hydrogen-bond acceptors (Lipinski definition) is 5. The number of aromatic nitrogens is 2. The highest BCUT2D eigenvalue weighted by Gasteiger charge is 2.15. The van der Waals surface area contributed by atoms with Gasteiger partial charge >= 0.3 is 0 Å². The van der Waals surface area contributed by atoms with E-state index in [4.69, 9.17) is 11.6 Å². The third-order valence-electron chi connectivity index (χ3n) is 3.30. The summed E-state index contributed by atoms with van der Waals surface area (Å²) < 4.78 is 0. The van der Waals surface area contributed by atoms with Crippen molar-refractivity contribution in [3.63, 3.8) is 0 Å². The van der Waals surface area contributed by atoms with Crippen LogP contribution in [0.25, 0.3) is 10.2 Å². The van der Waals surface area contributed by atoms with Crippen molar-refractivity contribution in [2.75, 3.05) is 5.32 Å². The lowest BCUT2D eigenvalue weighted by Crippen LogP contribution is -1.98. The lowest BCUT2D eigenvalue weighted by Gasteiger charge is -2.09. The molecule has 0 spiro atoms. The van der Waals surface area contributed by atoms with Crippen LogP contribution in [0.15, 0.2) is 24.3 Å². The summed E-state index contributed by atoms with van der Waals surface area (Å²) in [6, 6.07) is 9.46. The predicted molar refractivity (Wildman–Crippen MR) is 86.3 cm³/mol. The fourth-order valence-corrected chi connectivity index (χ4v) is 3.38. The molecule has 0 atom stereocenters. The van der Waals surface area contributed by atoms with Crippen LogP contribution >= 0.6 is 22.9 Å². The SMILES string of the molecule is Cc1sc2nc(Cl)nc(Nc3ccccc3C#N)c2c1C. The molecule has 0 fully saturated rings. The predicted octanol–water partition coefficient (Wildman–Crippen LogP) is 4.58. The third kappa shape index (κ3) is 2.44. The van der Waals surface area contributed by atoms with Crippen LogP contribution in [0, 0.1) is 25.2 Å². The first-order chi connectivity index (χ1) is 10.1. The van der Waals surface area contributed by atoms with Crippen molar-refractivity contribution in [3.05, 3.63) is 45.6 Å². The summed E-state index contributed by atoms with van der Waals surface area (Å²) >= 11 is 7.59. The zero-order valence-corrected chi connectivity index (χ0v) is 13.0. The van der Waals surface area contributed by atoms with Crippen molar-refractivity contribution in [1.29, 1.82) is 5.26 Å². The molecule has 21 heavy (non-hydrogen) atoms. The van der Waals surface area contributed by atoms with Crippen molar-refractivity contribution in [2.45, 2.75) is 13.8 Å². The minimum absolute atomic E-state index is 0.195. The maximum Gasteiger partial charge on any atom is 0.225 e. The Morgan fingerprint density at radius 3 is 2.76 bits per heavy atom. The summed E-state index contributed by atoms with van der Waals surface area (Å²) in [6.45, 7) is 4.08. The van der Waals surface area contributed by atoms with Crippen LogP contribution in [-0.4, -0.2) is 9.97 Å². The molecule has 0 aliphatic heterocycles. The van der Waals surface area contributed by atoms with Gasteiger partial charge in [0.2, 0.25) is 5.28 Å². The maximum atomic E-state index is 9.18. The summed E-state index contributed by atoms with van der Waals surface area (Å²) in [5, 5.41) is 13.5. The van der Waals surface area contributed by atoms with E-state index in [1.165, 1.54) is 4.88 Å². The van der Waals surface area contributed by atoms with Gasteiger partial charge in [0.05, 0.1) is 16.6 Å². The zero-order valence-electron chi connectivity index (χ0n) is 11.4. The van der Waals surface area contributed by atoms with Gasteiger partial charge in [-0.25, -0.2) is 4.98 Å². The third-order valence-corrected chi connectivity index (χ3v) is 4.57. The number of benzene rings is 1. The molecule has 3 rings (SSSR count). The van der Waals surface area contributed by atoms with E-state index in [9.17, 15) is 5.26 Å². The van der Waals surface area contributed by atoms with Gasteiger partial charge in [-0.05, 0) is 43.1 Å². The fourth-order valence-electron chi connectivity index (χ4n) is 2.13. The molecule has 2 heterocycles. The summed E-state index contributed by atoms with van der Waals surface area (Å²) in [5.41, 5.74) is 2.40. The molecule has 0 aliphatic carbocycles. The number of anilines is 2. The second kappa shape index (κ2) is 5.32. The van der Waals surface area contributed by atoms with Crippen molar-refractivity contribution >= 4 is 44.7 Å². The van der Waals surface area contributed by atoms with Crippen LogP contribution in [-0.2, 0) is 0 Å². The Morgan fingerprint density at radius 1 is 1.24 bits per heavy atom. The van der Waals surface area contributed by atoms with Gasteiger partial charge in [0.1, 0.15) is 16.7 Å². The quantitative estimate of drug-likeness (QED) is 0.703. The highest BCUT2D eigenvalue weighted by atomic mass is 35.5. The molecule has 0 radical (unpaired) electrons.